The second-order valence-electron chi connectivity index (χ2n) is 5.38. The average molecular weight is 260 g/mol. The lowest BCUT2D eigenvalue weighted by atomic mass is 9.86. The number of hydrogen-bond donors (Lipinski definition) is 2. The Hall–Kier alpha value is -2.30. The molecule has 5 heteroatoms. The minimum atomic E-state index is -1.25. The largest absolute Gasteiger partial charge is 0.504 e. The van der Waals surface area contributed by atoms with Gasteiger partial charge in [-0.2, -0.15) is 5.10 Å². The zero-order valence-corrected chi connectivity index (χ0v) is 11.1. The molecule has 0 unspecified atom stereocenters. The third-order valence-corrected chi connectivity index (χ3v) is 2.86. The van der Waals surface area contributed by atoms with Crippen molar-refractivity contribution in [3.63, 3.8) is 0 Å². The Kier molecular flexibility index (Phi) is 3.06. The second-order valence-corrected chi connectivity index (χ2v) is 5.38. The van der Waals surface area contributed by atoms with Crippen molar-refractivity contribution in [2.45, 2.75) is 26.2 Å². The van der Waals surface area contributed by atoms with E-state index in [4.69, 9.17) is 5.11 Å². The molecule has 0 saturated heterocycles. The molecule has 2 N–H and O–H groups in total. The number of aromatic carboxylic acids is 1. The van der Waals surface area contributed by atoms with Crippen LogP contribution in [0.25, 0.3) is 5.69 Å². The van der Waals surface area contributed by atoms with E-state index in [1.165, 1.54) is 10.9 Å². The van der Waals surface area contributed by atoms with Gasteiger partial charge in [0.25, 0.3) is 0 Å². The van der Waals surface area contributed by atoms with E-state index in [-0.39, 0.29) is 16.9 Å². The number of nitrogens with zero attached hydrogens (tertiary/aromatic N) is 2. The molecule has 100 valence electrons. The lowest BCUT2D eigenvalue weighted by Crippen LogP contribution is -2.15. The van der Waals surface area contributed by atoms with Crippen LogP contribution in [0.3, 0.4) is 0 Å². The van der Waals surface area contributed by atoms with Gasteiger partial charge >= 0.3 is 5.97 Å². The van der Waals surface area contributed by atoms with E-state index in [1.54, 1.807) is 0 Å². The molecule has 0 aliphatic rings. The fraction of sp³-hybridized carbons (Fsp3) is 0.286. The minimum absolute atomic E-state index is 0.110. The summed E-state index contributed by atoms with van der Waals surface area (Å²) >= 11 is 0. The van der Waals surface area contributed by atoms with Crippen molar-refractivity contribution in [2.75, 3.05) is 0 Å². The molecule has 5 nitrogen and oxygen atoms in total. The van der Waals surface area contributed by atoms with Crippen molar-refractivity contribution in [1.82, 2.24) is 9.78 Å². The molecule has 0 spiro atoms. The van der Waals surface area contributed by atoms with Crippen LogP contribution in [0.15, 0.2) is 30.5 Å². The van der Waals surface area contributed by atoms with E-state index in [1.807, 2.05) is 24.3 Å². The van der Waals surface area contributed by atoms with Crippen molar-refractivity contribution < 1.29 is 15.0 Å². The van der Waals surface area contributed by atoms with E-state index < -0.39 is 5.97 Å². The summed E-state index contributed by atoms with van der Waals surface area (Å²) in [5.74, 6) is -1.58. The van der Waals surface area contributed by atoms with E-state index in [0.717, 1.165) is 11.3 Å². The number of benzene rings is 1. The van der Waals surface area contributed by atoms with E-state index >= 15 is 0 Å². The van der Waals surface area contributed by atoms with Gasteiger partial charge in [-0.15, -0.1) is 0 Å². The summed E-state index contributed by atoms with van der Waals surface area (Å²) in [7, 11) is 0. The van der Waals surface area contributed by atoms with Gasteiger partial charge in [-0.3, -0.25) is 0 Å². The van der Waals surface area contributed by atoms with Gasteiger partial charge in [0, 0.05) is 0 Å². The van der Waals surface area contributed by atoms with E-state index in [0.29, 0.717) is 0 Å². The summed E-state index contributed by atoms with van der Waals surface area (Å²) in [6.45, 7) is 6.19. The highest BCUT2D eigenvalue weighted by Crippen LogP contribution is 2.29. The van der Waals surface area contributed by atoms with Crippen LogP contribution in [-0.2, 0) is 5.41 Å². The highest BCUT2D eigenvalue weighted by Gasteiger charge is 2.21. The van der Waals surface area contributed by atoms with Crippen LogP contribution >= 0.6 is 0 Å². The van der Waals surface area contributed by atoms with Gasteiger partial charge in [-0.05, 0) is 17.0 Å². The number of carboxylic acid groups (broad SMARTS) is 1. The zero-order valence-electron chi connectivity index (χ0n) is 11.1. The first-order chi connectivity index (χ1) is 8.80. The summed E-state index contributed by atoms with van der Waals surface area (Å²) in [6.07, 6.45) is 1.31. The first-order valence-corrected chi connectivity index (χ1v) is 5.92. The molecule has 2 rings (SSSR count). The summed E-state index contributed by atoms with van der Waals surface area (Å²) in [5.41, 5.74) is 1.33. The summed E-state index contributed by atoms with van der Waals surface area (Å²) < 4.78 is 1.40. The molecule has 0 atom stereocenters. The van der Waals surface area contributed by atoms with Crippen LogP contribution < -0.4 is 0 Å². The van der Waals surface area contributed by atoms with Crippen LogP contribution in [0.2, 0.25) is 0 Å². The van der Waals surface area contributed by atoms with Crippen molar-refractivity contribution in [3.05, 3.63) is 41.7 Å². The number of hydrogen-bond acceptors (Lipinski definition) is 3. The van der Waals surface area contributed by atoms with Crippen LogP contribution in [0, 0.1) is 0 Å². The fourth-order valence-electron chi connectivity index (χ4n) is 1.95. The molecule has 1 aromatic carbocycles. The standard InChI is InChI=1S/C14H16N2O3/c1-14(2,3)9-6-4-5-7-10(9)16-8-11(17)12(15-16)13(18)19/h4-8,17H,1-3H3,(H,18,19). The maximum Gasteiger partial charge on any atom is 0.360 e. The van der Waals surface area contributed by atoms with Crippen LogP contribution in [0.5, 0.6) is 5.75 Å². The molecular formula is C14H16N2O3. The fourth-order valence-corrected chi connectivity index (χ4v) is 1.95. The van der Waals surface area contributed by atoms with Crippen LogP contribution in [0.4, 0.5) is 0 Å². The highest BCUT2D eigenvalue weighted by molar-refractivity contribution is 5.88. The van der Waals surface area contributed by atoms with E-state index in [9.17, 15) is 9.90 Å². The molecule has 19 heavy (non-hydrogen) atoms. The molecule has 2 aromatic rings. The predicted octanol–water partition coefficient (Wildman–Crippen LogP) is 2.57. The summed E-state index contributed by atoms with van der Waals surface area (Å²) in [4.78, 5) is 10.9. The smallest absolute Gasteiger partial charge is 0.360 e. The topological polar surface area (TPSA) is 75.4 Å². The Morgan fingerprint density at radius 3 is 2.42 bits per heavy atom. The van der Waals surface area contributed by atoms with Gasteiger partial charge in [-0.1, -0.05) is 39.0 Å². The third kappa shape index (κ3) is 2.45. The van der Waals surface area contributed by atoms with Crippen molar-refractivity contribution in [3.8, 4) is 11.4 Å². The normalized spacial score (nSPS) is 11.5. The summed E-state index contributed by atoms with van der Waals surface area (Å²) in [6, 6.07) is 7.59. The lowest BCUT2D eigenvalue weighted by Gasteiger charge is -2.22. The first-order valence-electron chi connectivity index (χ1n) is 5.92. The van der Waals surface area contributed by atoms with Gasteiger partial charge in [-0.25, -0.2) is 9.48 Å². The number of rotatable bonds is 2. The maximum absolute atomic E-state index is 10.9. The molecule has 1 heterocycles. The molecule has 1 aromatic heterocycles. The molecule has 0 bridgehead atoms. The first kappa shape index (κ1) is 13.1. The third-order valence-electron chi connectivity index (χ3n) is 2.86. The van der Waals surface area contributed by atoms with E-state index in [2.05, 4.69) is 25.9 Å². The average Bonchev–Trinajstić information content (AvgIpc) is 2.70. The molecular weight excluding hydrogens is 244 g/mol. The molecule has 0 aliphatic heterocycles. The number of carbonyl (C=O) groups is 1. The Labute approximate surface area is 111 Å². The predicted molar refractivity (Wildman–Crippen MR) is 70.9 cm³/mol. The van der Waals surface area contributed by atoms with Crippen molar-refractivity contribution in [2.24, 2.45) is 0 Å². The SMILES string of the molecule is CC(C)(C)c1ccccc1-n1cc(O)c(C(=O)O)n1. The molecule has 0 amide bonds. The Balaban J connectivity index is 2.60. The Bertz CT molecular complexity index is 624. The van der Waals surface area contributed by atoms with Gasteiger partial charge in [0.2, 0.25) is 5.69 Å². The van der Waals surface area contributed by atoms with Gasteiger partial charge in [0.1, 0.15) is 0 Å². The van der Waals surface area contributed by atoms with Crippen molar-refractivity contribution in [1.29, 1.82) is 0 Å². The lowest BCUT2D eigenvalue weighted by molar-refractivity contribution is 0.0687. The number of carboxylic acids is 1. The van der Waals surface area contributed by atoms with Crippen LogP contribution in [-0.4, -0.2) is 26.0 Å². The molecule has 0 radical (unpaired) electrons. The molecule has 0 saturated carbocycles. The Morgan fingerprint density at radius 1 is 1.26 bits per heavy atom. The van der Waals surface area contributed by atoms with Gasteiger partial charge < -0.3 is 10.2 Å². The Morgan fingerprint density at radius 2 is 1.89 bits per heavy atom. The number of aromatic hydroxyl groups is 1. The zero-order chi connectivity index (χ0) is 14.2. The number of aromatic nitrogens is 2. The molecule has 0 aliphatic carbocycles. The second kappa shape index (κ2) is 4.42. The van der Waals surface area contributed by atoms with Gasteiger partial charge in [0.15, 0.2) is 5.75 Å². The van der Waals surface area contributed by atoms with Crippen molar-refractivity contribution >= 4 is 5.97 Å². The summed E-state index contributed by atoms with van der Waals surface area (Å²) in [5, 5.41) is 22.4. The number of para-hydroxylation sites is 1. The maximum atomic E-state index is 10.9. The highest BCUT2D eigenvalue weighted by atomic mass is 16.4. The molecule has 0 fully saturated rings. The van der Waals surface area contributed by atoms with Crippen LogP contribution in [0.1, 0.15) is 36.8 Å². The quantitative estimate of drug-likeness (QED) is 0.870. The van der Waals surface area contributed by atoms with Gasteiger partial charge in [0.05, 0.1) is 11.9 Å². The minimum Gasteiger partial charge on any atom is -0.504 e. The monoisotopic (exact) mass is 260 g/mol.